The number of aliphatic hydroxyl groups is 1. The lowest BCUT2D eigenvalue weighted by Gasteiger charge is -2.26. The summed E-state index contributed by atoms with van der Waals surface area (Å²) < 4.78 is 5.29. The van der Waals surface area contributed by atoms with Gasteiger partial charge in [0.05, 0.1) is 6.10 Å². The number of hydrogen-bond acceptors (Lipinski definition) is 4. The van der Waals surface area contributed by atoms with Gasteiger partial charge in [-0.1, -0.05) is 30.3 Å². The summed E-state index contributed by atoms with van der Waals surface area (Å²) in [6.45, 7) is 7.51. The lowest BCUT2D eigenvalue weighted by Crippen LogP contribution is -2.47. The van der Waals surface area contributed by atoms with Gasteiger partial charge in [0.2, 0.25) is 0 Å². The van der Waals surface area contributed by atoms with Crippen LogP contribution in [0.1, 0.15) is 33.3 Å². The van der Waals surface area contributed by atoms with E-state index in [0.717, 1.165) is 5.56 Å². The fourth-order valence-corrected chi connectivity index (χ4v) is 1.64. The number of aliphatic hydroxyl groups excluding tert-OH is 1. The number of hydrogen-bond donors (Lipinski definition) is 2. The van der Waals surface area contributed by atoms with Gasteiger partial charge in [-0.05, 0) is 33.3 Å². The van der Waals surface area contributed by atoms with Crippen LogP contribution in [0.15, 0.2) is 30.3 Å². The quantitative estimate of drug-likeness (QED) is 0.798. The monoisotopic (exact) mass is 265 g/mol. The Kier molecular flexibility index (Phi) is 5.51. The van der Waals surface area contributed by atoms with Crippen molar-refractivity contribution in [2.24, 2.45) is 0 Å². The summed E-state index contributed by atoms with van der Waals surface area (Å²) in [5.74, 6) is -0.432. The molecule has 0 heterocycles. The molecule has 0 saturated heterocycles. The molecule has 0 saturated carbocycles. The van der Waals surface area contributed by atoms with Gasteiger partial charge < -0.3 is 9.84 Å². The van der Waals surface area contributed by atoms with Crippen LogP contribution in [0.2, 0.25) is 0 Å². The SMILES string of the molecule is C[C@@H](O)[C@H](NCc1ccccc1)C(=O)OC(C)(C)C. The molecule has 0 amide bonds. The zero-order chi connectivity index (χ0) is 14.5. The maximum absolute atomic E-state index is 12.0. The van der Waals surface area contributed by atoms with Crippen molar-refractivity contribution in [3.05, 3.63) is 35.9 Å². The zero-order valence-corrected chi connectivity index (χ0v) is 12.0. The topological polar surface area (TPSA) is 58.6 Å². The third-order valence-corrected chi connectivity index (χ3v) is 2.51. The van der Waals surface area contributed by atoms with E-state index >= 15 is 0 Å². The molecule has 0 spiro atoms. The summed E-state index contributed by atoms with van der Waals surface area (Å²) >= 11 is 0. The largest absolute Gasteiger partial charge is 0.459 e. The van der Waals surface area contributed by atoms with Crippen LogP contribution in [0.25, 0.3) is 0 Å². The Hall–Kier alpha value is -1.39. The lowest BCUT2D eigenvalue weighted by molar-refractivity contribution is -0.160. The Labute approximate surface area is 114 Å². The van der Waals surface area contributed by atoms with Crippen LogP contribution in [0.4, 0.5) is 0 Å². The molecule has 19 heavy (non-hydrogen) atoms. The molecular formula is C15H23NO3. The molecule has 2 N–H and O–H groups in total. The minimum Gasteiger partial charge on any atom is -0.459 e. The summed E-state index contributed by atoms with van der Waals surface area (Å²) in [7, 11) is 0. The van der Waals surface area contributed by atoms with Gasteiger partial charge >= 0.3 is 5.97 Å². The van der Waals surface area contributed by atoms with Gasteiger partial charge in [0.15, 0.2) is 0 Å². The summed E-state index contributed by atoms with van der Waals surface area (Å²) in [6.07, 6.45) is -0.807. The Morgan fingerprint density at radius 3 is 2.37 bits per heavy atom. The number of carbonyl (C=O) groups is 1. The van der Waals surface area contributed by atoms with Crippen molar-refractivity contribution >= 4 is 5.97 Å². The molecular weight excluding hydrogens is 242 g/mol. The maximum atomic E-state index is 12.0. The first-order valence-electron chi connectivity index (χ1n) is 6.48. The maximum Gasteiger partial charge on any atom is 0.326 e. The highest BCUT2D eigenvalue weighted by molar-refractivity contribution is 5.76. The Bertz CT molecular complexity index is 396. The first kappa shape index (κ1) is 15.7. The molecule has 0 aliphatic carbocycles. The normalized spacial score (nSPS) is 14.8. The highest BCUT2D eigenvalue weighted by atomic mass is 16.6. The number of carbonyl (C=O) groups excluding carboxylic acids is 1. The van der Waals surface area contributed by atoms with Gasteiger partial charge in [0.25, 0.3) is 0 Å². The number of esters is 1. The van der Waals surface area contributed by atoms with Crippen LogP contribution < -0.4 is 5.32 Å². The van der Waals surface area contributed by atoms with Crippen molar-refractivity contribution < 1.29 is 14.6 Å². The van der Waals surface area contributed by atoms with Crippen LogP contribution >= 0.6 is 0 Å². The van der Waals surface area contributed by atoms with Gasteiger partial charge in [-0.2, -0.15) is 0 Å². The van der Waals surface area contributed by atoms with Crippen molar-refractivity contribution in [3.8, 4) is 0 Å². The second-order valence-corrected chi connectivity index (χ2v) is 5.62. The van der Waals surface area contributed by atoms with E-state index in [9.17, 15) is 9.90 Å². The molecule has 4 heteroatoms. The van der Waals surface area contributed by atoms with E-state index in [1.165, 1.54) is 0 Å². The number of rotatable bonds is 5. The first-order chi connectivity index (χ1) is 8.79. The van der Waals surface area contributed by atoms with Crippen LogP contribution in [-0.2, 0) is 16.1 Å². The van der Waals surface area contributed by atoms with E-state index in [1.807, 2.05) is 30.3 Å². The van der Waals surface area contributed by atoms with E-state index in [1.54, 1.807) is 27.7 Å². The van der Waals surface area contributed by atoms with Gasteiger partial charge in [-0.15, -0.1) is 0 Å². The van der Waals surface area contributed by atoms with Gasteiger partial charge in [0, 0.05) is 6.54 Å². The molecule has 0 fully saturated rings. The van der Waals surface area contributed by atoms with E-state index in [0.29, 0.717) is 6.54 Å². The fourth-order valence-electron chi connectivity index (χ4n) is 1.64. The van der Waals surface area contributed by atoms with Gasteiger partial charge in [0.1, 0.15) is 11.6 Å². The highest BCUT2D eigenvalue weighted by Crippen LogP contribution is 2.10. The second-order valence-electron chi connectivity index (χ2n) is 5.62. The molecule has 1 aromatic carbocycles. The third-order valence-electron chi connectivity index (χ3n) is 2.51. The molecule has 4 nitrogen and oxygen atoms in total. The molecule has 0 bridgehead atoms. The van der Waals surface area contributed by atoms with Crippen LogP contribution in [0.5, 0.6) is 0 Å². The predicted molar refractivity (Wildman–Crippen MR) is 74.6 cm³/mol. The van der Waals surface area contributed by atoms with E-state index < -0.39 is 23.7 Å². The van der Waals surface area contributed by atoms with E-state index in [4.69, 9.17) is 4.74 Å². The molecule has 0 aliphatic heterocycles. The minimum atomic E-state index is -0.807. The van der Waals surface area contributed by atoms with E-state index in [2.05, 4.69) is 5.32 Å². The average molecular weight is 265 g/mol. The van der Waals surface area contributed by atoms with Crippen molar-refractivity contribution in [2.45, 2.75) is 52.0 Å². The van der Waals surface area contributed by atoms with Crippen LogP contribution in [0.3, 0.4) is 0 Å². The van der Waals surface area contributed by atoms with Crippen molar-refractivity contribution in [2.75, 3.05) is 0 Å². The summed E-state index contributed by atoms with van der Waals surface area (Å²) in [4.78, 5) is 12.0. The molecule has 106 valence electrons. The van der Waals surface area contributed by atoms with Gasteiger partial charge in [-0.3, -0.25) is 10.1 Å². The van der Waals surface area contributed by atoms with Gasteiger partial charge in [-0.25, -0.2) is 0 Å². The molecule has 2 atom stereocenters. The number of nitrogens with one attached hydrogen (secondary N) is 1. The fraction of sp³-hybridized carbons (Fsp3) is 0.533. The number of benzene rings is 1. The van der Waals surface area contributed by atoms with Crippen LogP contribution in [-0.4, -0.2) is 28.8 Å². The predicted octanol–water partition coefficient (Wildman–Crippen LogP) is 1.87. The average Bonchev–Trinajstić information content (AvgIpc) is 2.27. The van der Waals surface area contributed by atoms with Crippen molar-refractivity contribution in [1.82, 2.24) is 5.32 Å². The number of ether oxygens (including phenoxy) is 1. The highest BCUT2D eigenvalue weighted by Gasteiger charge is 2.28. The molecule has 0 unspecified atom stereocenters. The van der Waals surface area contributed by atoms with E-state index in [-0.39, 0.29) is 0 Å². The Morgan fingerprint density at radius 2 is 1.89 bits per heavy atom. The molecule has 0 radical (unpaired) electrons. The smallest absolute Gasteiger partial charge is 0.326 e. The van der Waals surface area contributed by atoms with Crippen molar-refractivity contribution in [1.29, 1.82) is 0 Å². The molecule has 1 aromatic rings. The zero-order valence-electron chi connectivity index (χ0n) is 12.0. The third kappa shape index (κ3) is 5.85. The minimum absolute atomic E-state index is 0.432. The summed E-state index contributed by atoms with van der Waals surface area (Å²) in [5, 5.41) is 12.7. The standard InChI is InChI=1S/C15H23NO3/c1-11(17)13(14(18)19-15(2,3)4)16-10-12-8-6-5-7-9-12/h5-9,11,13,16-17H,10H2,1-4H3/t11-,13+/m1/s1. The lowest BCUT2D eigenvalue weighted by atomic mass is 10.1. The van der Waals surface area contributed by atoms with Crippen LogP contribution in [0, 0.1) is 0 Å². The Morgan fingerprint density at radius 1 is 1.32 bits per heavy atom. The summed E-state index contributed by atoms with van der Waals surface area (Å²) in [6, 6.07) is 9.00. The second kappa shape index (κ2) is 6.68. The first-order valence-corrected chi connectivity index (χ1v) is 6.48. The summed E-state index contributed by atoms with van der Waals surface area (Å²) in [5.41, 5.74) is 0.496. The van der Waals surface area contributed by atoms with Crippen molar-refractivity contribution in [3.63, 3.8) is 0 Å². The molecule has 0 aliphatic rings. The molecule has 0 aromatic heterocycles. The molecule has 1 rings (SSSR count). The Balaban J connectivity index is 2.61.